The SMILES string of the molecule is CC(C)(C)CCC(=O)c1cc2cc(F)ccc2s1. The molecule has 3 heteroatoms. The number of fused-ring (bicyclic) bond motifs is 1. The van der Waals surface area contributed by atoms with Crippen LogP contribution in [0.2, 0.25) is 0 Å². The van der Waals surface area contributed by atoms with Crippen LogP contribution in [0.15, 0.2) is 24.3 Å². The van der Waals surface area contributed by atoms with E-state index in [1.807, 2.05) is 0 Å². The molecule has 1 aromatic carbocycles. The number of carbonyl (C=O) groups excluding carboxylic acids is 1. The number of hydrogen-bond acceptors (Lipinski definition) is 2. The normalized spacial score (nSPS) is 12.0. The Hall–Kier alpha value is -1.22. The van der Waals surface area contributed by atoms with Gasteiger partial charge in [0.2, 0.25) is 0 Å². The van der Waals surface area contributed by atoms with Crippen LogP contribution >= 0.6 is 11.3 Å². The Labute approximate surface area is 111 Å². The van der Waals surface area contributed by atoms with Gasteiger partial charge in [0.25, 0.3) is 0 Å². The molecule has 0 aliphatic carbocycles. The fourth-order valence-corrected chi connectivity index (χ4v) is 2.77. The first-order valence-corrected chi connectivity index (χ1v) is 6.89. The molecule has 0 unspecified atom stereocenters. The number of ketones is 1. The molecule has 0 atom stereocenters. The minimum absolute atomic E-state index is 0.159. The van der Waals surface area contributed by atoms with Crippen molar-refractivity contribution >= 4 is 27.2 Å². The van der Waals surface area contributed by atoms with E-state index in [0.29, 0.717) is 6.42 Å². The molecule has 0 spiro atoms. The Morgan fingerprint density at radius 3 is 2.67 bits per heavy atom. The third-order valence-corrected chi connectivity index (χ3v) is 4.01. The maximum absolute atomic E-state index is 13.1. The van der Waals surface area contributed by atoms with Gasteiger partial charge in [-0.2, -0.15) is 0 Å². The van der Waals surface area contributed by atoms with E-state index in [1.54, 1.807) is 12.1 Å². The first-order valence-electron chi connectivity index (χ1n) is 6.07. The van der Waals surface area contributed by atoms with Crippen molar-refractivity contribution in [2.45, 2.75) is 33.6 Å². The molecule has 18 heavy (non-hydrogen) atoms. The van der Waals surface area contributed by atoms with Gasteiger partial charge in [-0.15, -0.1) is 11.3 Å². The lowest BCUT2D eigenvalue weighted by molar-refractivity contribution is 0.0970. The minimum atomic E-state index is -0.256. The first-order chi connectivity index (χ1) is 8.35. The summed E-state index contributed by atoms with van der Waals surface area (Å²) >= 11 is 1.45. The smallest absolute Gasteiger partial charge is 0.172 e. The van der Waals surface area contributed by atoms with Gasteiger partial charge in [-0.05, 0) is 41.5 Å². The Kier molecular flexibility index (Phi) is 3.53. The van der Waals surface area contributed by atoms with Gasteiger partial charge in [0.05, 0.1) is 4.88 Å². The van der Waals surface area contributed by atoms with Gasteiger partial charge in [-0.1, -0.05) is 20.8 Å². The Morgan fingerprint density at radius 1 is 1.28 bits per heavy atom. The van der Waals surface area contributed by atoms with Crippen molar-refractivity contribution in [3.63, 3.8) is 0 Å². The average molecular weight is 264 g/mol. The summed E-state index contributed by atoms with van der Waals surface area (Å²) in [7, 11) is 0. The van der Waals surface area contributed by atoms with E-state index in [4.69, 9.17) is 0 Å². The molecule has 1 nitrogen and oxygen atoms in total. The highest BCUT2D eigenvalue weighted by atomic mass is 32.1. The predicted molar refractivity (Wildman–Crippen MR) is 74.8 cm³/mol. The Balaban J connectivity index is 2.18. The van der Waals surface area contributed by atoms with E-state index in [2.05, 4.69) is 20.8 Å². The fourth-order valence-electron chi connectivity index (χ4n) is 1.76. The molecule has 0 saturated heterocycles. The first kappa shape index (κ1) is 13.2. The molecule has 2 rings (SSSR count). The highest BCUT2D eigenvalue weighted by molar-refractivity contribution is 7.20. The largest absolute Gasteiger partial charge is 0.293 e. The lowest BCUT2D eigenvalue weighted by atomic mass is 9.89. The van der Waals surface area contributed by atoms with Crippen LogP contribution < -0.4 is 0 Å². The van der Waals surface area contributed by atoms with Crippen LogP contribution in [0, 0.1) is 11.2 Å². The summed E-state index contributed by atoms with van der Waals surface area (Å²) in [4.78, 5) is 12.8. The molecule has 0 N–H and O–H groups in total. The van der Waals surface area contributed by atoms with Crippen LogP contribution in [0.4, 0.5) is 4.39 Å². The topological polar surface area (TPSA) is 17.1 Å². The van der Waals surface area contributed by atoms with Gasteiger partial charge in [0, 0.05) is 11.1 Å². The van der Waals surface area contributed by atoms with Gasteiger partial charge < -0.3 is 0 Å². The van der Waals surface area contributed by atoms with E-state index in [9.17, 15) is 9.18 Å². The number of hydrogen-bond donors (Lipinski definition) is 0. The molecule has 0 aliphatic rings. The lowest BCUT2D eigenvalue weighted by Crippen LogP contribution is -2.08. The molecule has 0 bridgehead atoms. The number of benzene rings is 1. The number of thiophene rings is 1. The standard InChI is InChI=1S/C15H17FOS/c1-15(2,3)7-6-12(17)14-9-10-8-11(16)4-5-13(10)18-14/h4-5,8-9H,6-7H2,1-3H3. The third kappa shape index (κ3) is 3.16. The minimum Gasteiger partial charge on any atom is -0.293 e. The quantitative estimate of drug-likeness (QED) is 0.709. The van der Waals surface area contributed by atoms with Crippen molar-refractivity contribution in [2.24, 2.45) is 5.41 Å². The fraction of sp³-hybridized carbons (Fsp3) is 0.400. The maximum atomic E-state index is 13.1. The summed E-state index contributed by atoms with van der Waals surface area (Å²) in [5.74, 6) is -0.0967. The summed E-state index contributed by atoms with van der Waals surface area (Å²) in [6, 6.07) is 6.44. The molecule has 1 heterocycles. The van der Waals surface area contributed by atoms with E-state index >= 15 is 0 Å². The molecule has 0 radical (unpaired) electrons. The molecule has 1 aromatic heterocycles. The number of carbonyl (C=O) groups is 1. The highest BCUT2D eigenvalue weighted by Gasteiger charge is 2.16. The Morgan fingerprint density at radius 2 is 2.00 bits per heavy atom. The Bertz CT molecular complexity index is 578. The lowest BCUT2D eigenvalue weighted by Gasteiger charge is -2.16. The van der Waals surface area contributed by atoms with E-state index in [-0.39, 0.29) is 17.0 Å². The van der Waals surface area contributed by atoms with Crippen molar-refractivity contribution in [3.8, 4) is 0 Å². The van der Waals surface area contributed by atoms with E-state index in [1.165, 1.54) is 23.5 Å². The van der Waals surface area contributed by atoms with Gasteiger partial charge in [-0.3, -0.25) is 4.79 Å². The molecule has 0 amide bonds. The second-order valence-electron chi connectivity index (χ2n) is 5.78. The zero-order valence-electron chi connectivity index (χ0n) is 10.9. The molecule has 2 aromatic rings. The molecular weight excluding hydrogens is 247 g/mol. The number of rotatable bonds is 3. The van der Waals surface area contributed by atoms with Crippen molar-refractivity contribution in [3.05, 3.63) is 35.0 Å². The zero-order chi connectivity index (χ0) is 13.3. The van der Waals surface area contributed by atoms with Crippen molar-refractivity contribution in [2.75, 3.05) is 0 Å². The van der Waals surface area contributed by atoms with Crippen LogP contribution in [0.3, 0.4) is 0 Å². The van der Waals surface area contributed by atoms with Crippen molar-refractivity contribution in [1.82, 2.24) is 0 Å². The second-order valence-corrected chi connectivity index (χ2v) is 6.86. The monoisotopic (exact) mass is 264 g/mol. The average Bonchev–Trinajstić information content (AvgIpc) is 2.67. The second kappa shape index (κ2) is 4.81. The third-order valence-electron chi connectivity index (χ3n) is 2.86. The van der Waals surface area contributed by atoms with Crippen molar-refractivity contribution in [1.29, 1.82) is 0 Å². The van der Waals surface area contributed by atoms with E-state index < -0.39 is 0 Å². The molecule has 0 saturated carbocycles. The van der Waals surface area contributed by atoms with Crippen molar-refractivity contribution < 1.29 is 9.18 Å². The predicted octanol–water partition coefficient (Wildman–Crippen LogP) is 5.05. The molecule has 0 fully saturated rings. The van der Waals surface area contributed by atoms with Crippen LogP contribution in [-0.4, -0.2) is 5.78 Å². The van der Waals surface area contributed by atoms with Gasteiger partial charge in [0.15, 0.2) is 5.78 Å². The van der Waals surface area contributed by atoms with Gasteiger partial charge >= 0.3 is 0 Å². The highest BCUT2D eigenvalue weighted by Crippen LogP contribution is 2.29. The molecule has 0 aliphatic heterocycles. The molecular formula is C15H17FOS. The van der Waals surface area contributed by atoms with Gasteiger partial charge in [0.1, 0.15) is 5.82 Å². The van der Waals surface area contributed by atoms with Crippen LogP contribution in [0.25, 0.3) is 10.1 Å². The summed E-state index contributed by atoms with van der Waals surface area (Å²) in [6.45, 7) is 6.38. The summed E-state index contributed by atoms with van der Waals surface area (Å²) in [6.07, 6.45) is 1.42. The summed E-state index contributed by atoms with van der Waals surface area (Å²) in [5, 5.41) is 0.819. The number of Topliss-reactive ketones (excluding diaryl/α,β-unsaturated/α-hetero) is 1. The van der Waals surface area contributed by atoms with Gasteiger partial charge in [-0.25, -0.2) is 4.39 Å². The zero-order valence-corrected chi connectivity index (χ0v) is 11.7. The van der Waals surface area contributed by atoms with Crippen LogP contribution in [0.1, 0.15) is 43.3 Å². The van der Waals surface area contributed by atoms with Crippen LogP contribution in [0.5, 0.6) is 0 Å². The summed E-state index contributed by atoms with van der Waals surface area (Å²) in [5.41, 5.74) is 0.165. The van der Waals surface area contributed by atoms with E-state index in [0.717, 1.165) is 21.4 Å². The van der Waals surface area contributed by atoms with Crippen LogP contribution in [-0.2, 0) is 0 Å². The number of halogens is 1. The summed E-state index contributed by atoms with van der Waals surface area (Å²) < 4.78 is 14.0. The maximum Gasteiger partial charge on any atom is 0.172 e. The molecule has 96 valence electrons.